The molecular formula is C8H3BrF2N2O2. The number of halogens is 3. The molecular weight excluding hydrogens is 274 g/mol. The van der Waals surface area contributed by atoms with Gasteiger partial charge in [0.2, 0.25) is 0 Å². The first-order valence-corrected chi connectivity index (χ1v) is 4.56. The third-order valence-corrected chi connectivity index (χ3v) is 2.45. The van der Waals surface area contributed by atoms with Crippen LogP contribution in [0.1, 0.15) is 0 Å². The summed E-state index contributed by atoms with van der Waals surface area (Å²) in [6.07, 6.45) is -0.502. The Balaban J connectivity index is 2.93. The number of nitrogens with zero attached hydrogens (tertiary/aromatic N) is 2. The van der Waals surface area contributed by atoms with Gasteiger partial charge in [0, 0.05) is 0 Å². The summed E-state index contributed by atoms with van der Waals surface area (Å²) < 4.78 is 27.1. The molecule has 0 aliphatic carbocycles. The molecule has 1 aromatic heterocycles. The Kier molecular flexibility index (Phi) is 2.18. The van der Waals surface area contributed by atoms with Crippen molar-refractivity contribution in [3.05, 3.63) is 28.4 Å². The summed E-state index contributed by atoms with van der Waals surface area (Å²) in [6, 6.07) is 0.860. The molecule has 2 aromatic rings. The molecule has 1 aromatic carbocycles. The molecule has 0 radical (unpaired) electrons. The number of benzene rings is 1. The lowest BCUT2D eigenvalue weighted by atomic mass is 10.2. The van der Waals surface area contributed by atoms with Gasteiger partial charge in [0.05, 0.1) is 16.1 Å². The topological polar surface area (TPSA) is 55.1 Å². The molecule has 4 nitrogen and oxygen atoms in total. The minimum atomic E-state index is -1.47. The van der Waals surface area contributed by atoms with E-state index in [-0.39, 0.29) is 15.4 Å². The van der Waals surface area contributed by atoms with E-state index in [9.17, 15) is 13.6 Å². The molecule has 0 aliphatic heterocycles. The fourth-order valence-corrected chi connectivity index (χ4v) is 1.67. The highest BCUT2D eigenvalue weighted by molar-refractivity contribution is 9.10. The van der Waals surface area contributed by atoms with Crippen LogP contribution in [0.15, 0.2) is 16.7 Å². The molecule has 0 saturated carbocycles. The van der Waals surface area contributed by atoms with E-state index in [4.69, 9.17) is 5.11 Å². The van der Waals surface area contributed by atoms with Gasteiger partial charge in [-0.2, -0.15) is 9.78 Å². The molecule has 1 N–H and O–H groups in total. The normalized spacial score (nSPS) is 10.9. The van der Waals surface area contributed by atoms with E-state index < -0.39 is 17.7 Å². The van der Waals surface area contributed by atoms with Crippen LogP contribution in [0.25, 0.3) is 10.9 Å². The second kappa shape index (κ2) is 3.27. The van der Waals surface area contributed by atoms with Gasteiger partial charge in [-0.05, 0) is 22.0 Å². The minimum absolute atomic E-state index is 0.0718. The van der Waals surface area contributed by atoms with Crippen LogP contribution in [-0.4, -0.2) is 21.0 Å². The monoisotopic (exact) mass is 276 g/mol. The summed E-state index contributed by atoms with van der Waals surface area (Å²) in [7, 11) is 0. The van der Waals surface area contributed by atoms with Crippen molar-refractivity contribution in [1.29, 1.82) is 0 Å². The van der Waals surface area contributed by atoms with E-state index in [0.29, 0.717) is 4.68 Å². The van der Waals surface area contributed by atoms with Crippen LogP contribution in [0.3, 0.4) is 0 Å². The van der Waals surface area contributed by atoms with Crippen molar-refractivity contribution in [3.8, 4) is 0 Å². The van der Waals surface area contributed by atoms with Crippen molar-refractivity contribution in [3.63, 3.8) is 0 Å². The molecule has 0 saturated heterocycles. The van der Waals surface area contributed by atoms with Gasteiger partial charge in [0.25, 0.3) is 0 Å². The lowest BCUT2D eigenvalue weighted by Crippen LogP contribution is -2.10. The highest BCUT2D eigenvalue weighted by Crippen LogP contribution is 2.27. The fraction of sp³-hybridized carbons (Fsp3) is 0. The minimum Gasteiger partial charge on any atom is -0.463 e. The number of rotatable bonds is 0. The van der Waals surface area contributed by atoms with Crippen molar-refractivity contribution in [2.45, 2.75) is 0 Å². The van der Waals surface area contributed by atoms with E-state index in [2.05, 4.69) is 21.0 Å². The first-order valence-electron chi connectivity index (χ1n) is 3.77. The van der Waals surface area contributed by atoms with Gasteiger partial charge in [0.15, 0.2) is 5.82 Å². The molecule has 0 aliphatic rings. The SMILES string of the molecule is O=C(O)n1ncc2c(F)c(Br)cc(F)c21. The fourth-order valence-electron chi connectivity index (χ4n) is 1.26. The van der Waals surface area contributed by atoms with E-state index >= 15 is 0 Å². The third-order valence-electron chi connectivity index (χ3n) is 1.88. The highest BCUT2D eigenvalue weighted by Gasteiger charge is 2.18. The van der Waals surface area contributed by atoms with E-state index in [0.717, 1.165) is 12.3 Å². The smallest absolute Gasteiger partial charge is 0.432 e. The van der Waals surface area contributed by atoms with Gasteiger partial charge in [-0.3, -0.25) is 0 Å². The maximum atomic E-state index is 13.4. The van der Waals surface area contributed by atoms with E-state index in [1.54, 1.807) is 0 Å². The predicted octanol–water partition coefficient (Wildman–Crippen LogP) is 2.60. The first-order chi connectivity index (χ1) is 7.02. The summed E-state index contributed by atoms with van der Waals surface area (Å²) in [5, 5.41) is 11.9. The van der Waals surface area contributed by atoms with Crippen molar-refractivity contribution in [2.75, 3.05) is 0 Å². The Labute approximate surface area is 90.2 Å². The number of aromatic nitrogens is 2. The lowest BCUT2D eigenvalue weighted by Gasteiger charge is -2.00. The molecule has 78 valence electrons. The molecule has 0 amide bonds. The Morgan fingerprint density at radius 2 is 2.20 bits per heavy atom. The predicted molar refractivity (Wildman–Crippen MR) is 50.8 cm³/mol. The molecule has 0 bridgehead atoms. The molecule has 0 unspecified atom stereocenters. The Bertz CT molecular complexity index is 567. The zero-order valence-corrected chi connectivity index (χ0v) is 8.62. The van der Waals surface area contributed by atoms with E-state index in [1.807, 2.05) is 0 Å². The lowest BCUT2D eigenvalue weighted by molar-refractivity contribution is 0.193. The molecule has 0 atom stereocenters. The summed E-state index contributed by atoms with van der Waals surface area (Å²) in [6.45, 7) is 0. The van der Waals surface area contributed by atoms with Gasteiger partial charge in [-0.1, -0.05) is 0 Å². The van der Waals surface area contributed by atoms with Gasteiger partial charge < -0.3 is 5.11 Å². The van der Waals surface area contributed by atoms with Crippen molar-refractivity contribution in [1.82, 2.24) is 9.78 Å². The van der Waals surface area contributed by atoms with Gasteiger partial charge in [-0.25, -0.2) is 13.6 Å². The van der Waals surface area contributed by atoms with Crippen LogP contribution in [-0.2, 0) is 0 Å². The average Bonchev–Trinajstić information content (AvgIpc) is 2.58. The standard InChI is InChI=1S/C8H3BrF2N2O2/c9-4-1-5(10)7-3(6(4)11)2-12-13(7)8(14)15/h1-2H,(H,14,15). The second-order valence-corrected chi connectivity index (χ2v) is 3.61. The second-order valence-electron chi connectivity index (χ2n) is 2.76. The Hall–Kier alpha value is -1.50. The number of carboxylic acid groups (broad SMARTS) is 1. The zero-order valence-electron chi connectivity index (χ0n) is 7.04. The van der Waals surface area contributed by atoms with Crippen LogP contribution in [0.5, 0.6) is 0 Å². The largest absolute Gasteiger partial charge is 0.463 e. The number of hydrogen-bond acceptors (Lipinski definition) is 2. The van der Waals surface area contributed by atoms with Gasteiger partial charge >= 0.3 is 6.09 Å². The van der Waals surface area contributed by atoms with Crippen molar-refractivity contribution < 1.29 is 18.7 Å². The van der Waals surface area contributed by atoms with E-state index in [1.165, 1.54) is 0 Å². The Morgan fingerprint density at radius 1 is 1.53 bits per heavy atom. The van der Waals surface area contributed by atoms with Crippen molar-refractivity contribution in [2.24, 2.45) is 0 Å². The maximum Gasteiger partial charge on any atom is 0.432 e. The summed E-state index contributed by atoms with van der Waals surface area (Å²) in [5.41, 5.74) is -0.386. The summed E-state index contributed by atoms with van der Waals surface area (Å²) in [5.74, 6) is -1.59. The molecule has 7 heteroatoms. The average molecular weight is 277 g/mol. The summed E-state index contributed by atoms with van der Waals surface area (Å²) in [4.78, 5) is 10.6. The Morgan fingerprint density at radius 3 is 2.80 bits per heavy atom. The first kappa shape index (κ1) is 10.0. The maximum absolute atomic E-state index is 13.4. The molecule has 2 rings (SSSR count). The van der Waals surface area contributed by atoms with Crippen LogP contribution < -0.4 is 0 Å². The number of carbonyl (C=O) groups is 1. The zero-order chi connectivity index (χ0) is 11.2. The summed E-state index contributed by atoms with van der Waals surface area (Å²) >= 11 is 2.81. The van der Waals surface area contributed by atoms with Crippen LogP contribution in [0.2, 0.25) is 0 Å². The molecule has 0 fully saturated rings. The quantitative estimate of drug-likeness (QED) is 0.753. The van der Waals surface area contributed by atoms with Gasteiger partial charge in [0.1, 0.15) is 11.3 Å². The van der Waals surface area contributed by atoms with Gasteiger partial charge in [-0.15, -0.1) is 0 Å². The van der Waals surface area contributed by atoms with Crippen LogP contribution >= 0.6 is 15.9 Å². The molecule has 15 heavy (non-hydrogen) atoms. The van der Waals surface area contributed by atoms with Crippen molar-refractivity contribution >= 4 is 32.9 Å². The number of hydrogen-bond donors (Lipinski definition) is 1. The third kappa shape index (κ3) is 1.39. The van der Waals surface area contributed by atoms with Crippen LogP contribution in [0.4, 0.5) is 13.6 Å². The van der Waals surface area contributed by atoms with Crippen LogP contribution in [0, 0.1) is 11.6 Å². The highest BCUT2D eigenvalue weighted by atomic mass is 79.9. The number of fused-ring (bicyclic) bond motifs is 1. The molecule has 1 heterocycles. The molecule has 0 spiro atoms.